The Morgan fingerprint density at radius 1 is 0.714 bits per heavy atom. The summed E-state index contributed by atoms with van der Waals surface area (Å²) in [4.78, 5) is 0. The van der Waals surface area contributed by atoms with Gasteiger partial charge in [-0.05, 0) is 29.3 Å². The van der Waals surface area contributed by atoms with E-state index >= 15 is 0 Å². The Hall–Kier alpha value is -2.74. The lowest BCUT2D eigenvalue weighted by Crippen LogP contribution is -1.91. The van der Waals surface area contributed by atoms with E-state index in [2.05, 4.69) is 29.6 Å². The van der Waals surface area contributed by atoms with Gasteiger partial charge in [-0.25, -0.2) is 0 Å². The Kier molecular flexibility index (Phi) is 3.61. The van der Waals surface area contributed by atoms with E-state index < -0.39 is 0 Å². The van der Waals surface area contributed by atoms with Crippen molar-refractivity contribution < 1.29 is 5.11 Å². The second-order valence-electron chi connectivity index (χ2n) is 4.89. The largest absolute Gasteiger partial charge is 0.507 e. The van der Waals surface area contributed by atoms with Crippen LogP contribution >= 0.6 is 0 Å². The topological polar surface area (TPSA) is 32.3 Å². The number of phenolic OH excluding ortho intramolecular Hbond substituents is 1. The van der Waals surface area contributed by atoms with Gasteiger partial charge in [-0.3, -0.25) is 0 Å². The zero-order valence-corrected chi connectivity index (χ0v) is 11.9. The molecule has 0 bridgehead atoms. The van der Waals surface area contributed by atoms with Crippen LogP contribution in [0.4, 0.5) is 5.69 Å². The van der Waals surface area contributed by atoms with Gasteiger partial charge in [0.1, 0.15) is 5.75 Å². The van der Waals surface area contributed by atoms with Crippen LogP contribution in [0, 0.1) is 0 Å². The van der Waals surface area contributed by atoms with Crippen molar-refractivity contribution in [3.8, 4) is 28.0 Å². The summed E-state index contributed by atoms with van der Waals surface area (Å²) in [5.74, 6) is 0.302. The lowest BCUT2D eigenvalue weighted by molar-refractivity contribution is 0.477. The summed E-state index contributed by atoms with van der Waals surface area (Å²) in [6.45, 7) is 0. The molecule has 2 heteroatoms. The fraction of sp³-hybridized carbons (Fsp3) is 0.0526. The van der Waals surface area contributed by atoms with Crippen LogP contribution in [0.15, 0.2) is 72.8 Å². The highest BCUT2D eigenvalue weighted by Crippen LogP contribution is 2.33. The Labute approximate surface area is 124 Å². The number of benzene rings is 3. The molecule has 2 N–H and O–H groups in total. The van der Waals surface area contributed by atoms with Gasteiger partial charge in [0.25, 0.3) is 0 Å². The number of hydrogen-bond donors (Lipinski definition) is 2. The van der Waals surface area contributed by atoms with Crippen molar-refractivity contribution in [1.29, 1.82) is 0 Å². The van der Waals surface area contributed by atoms with Gasteiger partial charge in [0.05, 0.1) is 0 Å². The third-order valence-corrected chi connectivity index (χ3v) is 3.59. The van der Waals surface area contributed by atoms with Gasteiger partial charge in [0.15, 0.2) is 0 Å². The summed E-state index contributed by atoms with van der Waals surface area (Å²) in [6, 6.07) is 23.8. The van der Waals surface area contributed by atoms with E-state index in [0.29, 0.717) is 5.75 Å². The molecule has 0 atom stereocenters. The van der Waals surface area contributed by atoms with Crippen LogP contribution in [-0.4, -0.2) is 12.2 Å². The molecule has 21 heavy (non-hydrogen) atoms. The minimum Gasteiger partial charge on any atom is -0.507 e. The van der Waals surface area contributed by atoms with Crippen molar-refractivity contribution >= 4 is 5.69 Å². The molecule has 0 unspecified atom stereocenters. The highest BCUT2D eigenvalue weighted by atomic mass is 16.3. The van der Waals surface area contributed by atoms with Gasteiger partial charge in [-0.15, -0.1) is 0 Å². The minimum absolute atomic E-state index is 0.302. The molecule has 0 aromatic heterocycles. The molecule has 0 fully saturated rings. The Morgan fingerprint density at radius 3 is 2.05 bits per heavy atom. The predicted octanol–water partition coefficient (Wildman–Crippen LogP) is 4.77. The van der Waals surface area contributed by atoms with Crippen LogP contribution in [0.1, 0.15) is 0 Å². The van der Waals surface area contributed by atoms with Crippen molar-refractivity contribution in [3.05, 3.63) is 72.8 Å². The Morgan fingerprint density at radius 2 is 1.33 bits per heavy atom. The number of anilines is 1. The summed E-state index contributed by atoms with van der Waals surface area (Å²) >= 11 is 0. The van der Waals surface area contributed by atoms with E-state index in [1.165, 1.54) is 0 Å². The second-order valence-corrected chi connectivity index (χ2v) is 4.89. The van der Waals surface area contributed by atoms with Crippen LogP contribution in [-0.2, 0) is 0 Å². The number of phenols is 1. The fourth-order valence-corrected chi connectivity index (χ4v) is 2.52. The summed E-state index contributed by atoms with van der Waals surface area (Å²) in [7, 11) is 1.92. The first-order valence-corrected chi connectivity index (χ1v) is 6.95. The quantitative estimate of drug-likeness (QED) is 0.721. The number of aromatic hydroxyl groups is 1. The van der Waals surface area contributed by atoms with Crippen molar-refractivity contribution in [2.45, 2.75) is 0 Å². The van der Waals surface area contributed by atoms with Crippen LogP contribution in [0.5, 0.6) is 5.75 Å². The SMILES string of the molecule is CNc1ccccc1-c1cccc(-c2ccccc2O)c1. The van der Waals surface area contributed by atoms with Gasteiger partial charge in [0.2, 0.25) is 0 Å². The van der Waals surface area contributed by atoms with E-state index in [-0.39, 0.29) is 0 Å². The normalized spacial score (nSPS) is 10.3. The zero-order valence-electron chi connectivity index (χ0n) is 11.9. The maximum atomic E-state index is 10.0. The molecule has 0 aliphatic carbocycles. The smallest absolute Gasteiger partial charge is 0.123 e. The molecule has 104 valence electrons. The fourth-order valence-electron chi connectivity index (χ4n) is 2.52. The summed E-state index contributed by atoms with van der Waals surface area (Å²) in [5, 5.41) is 13.2. The van der Waals surface area contributed by atoms with E-state index in [1.54, 1.807) is 6.07 Å². The summed E-state index contributed by atoms with van der Waals surface area (Å²) in [6.07, 6.45) is 0. The molecule has 2 nitrogen and oxygen atoms in total. The first kappa shape index (κ1) is 13.3. The predicted molar refractivity (Wildman–Crippen MR) is 88.5 cm³/mol. The van der Waals surface area contributed by atoms with Gasteiger partial charge in [0, 0.05) is 23.9 Å². The van der Waals surface area contributed by atoms with Gasteiger partial charge < -0.3 is 10.4 Å². The maximum absolute atomic E-state index is 10.0. The van der Waals surface area contributed by atoms with Gasteiger partial charge >= 0.3 is 0 Å². The highest BCUT2D eigenvalue weighted by Gasteiger charge is 2.07. The van der Waals surface area contributed by atoms with Crippen molar-refractivity contribution in [3.63, 3.8) is 0 Å². The molecule has 0 amide bonds. The lowest BCUT2D eigenvalue weighted by Gasteiger charge is -2.11. The molecule has 3 aromatic carbocycles. The van der Waals surface area contributed by atoms with Crippen LogP contribution in [0.25, 0.3) is 22.3 Å². The standard InChI is InChI=1S/C19H17NO/c1-20-18-11-4-2-9-16(18)14-7-6-8-15(13-14)17-10-3-5-12-19(17)21/h2-13,20-21H,1H3. The third kappa shape index (κ3) is 2.61. The molecule has 0 spiro atoms. The number of rotatable bonds is 3. The monoisotopic (exact) mass is 275 g/mol. The van der Waals surface area contributed by atoms with Crippen LogP contribution in [0.2, 0.25) is 0 Å². The van der Waals surface area contributed by atoms with Crippen molar-refractivity contribution in [2.24, 2.45) is 0 Å². The van der Waals surface area contributed by atoms with Gasteiger partial charge in [-0.2, -0.15) is 0 Å². The van der Waals surface area contributed by atoms with E-state index in [9.17, 15) is 5.11 Å². The summed E-state index contributed by atoms with van der Waals surface area (Å²) in [5.41, 5.74) is 5.22. The van der Waals surface area contributed by atoms with E-state index in [1.807, 2.05) is 49.5 Å². The number of para-hydroxylation sites is 2. The number of hydrogen-bond acceptors (Lipinski definition) is 2. The highest BCUT2D eigenvalue weighted by molar-refractivity contribution is 5.82. The molecule has 3 aromatic rings. The average molecular weight is 275 g/mol. The second kappa shape index (κ2) is 5.71. The Bertz CT molecular complexity index is 765. The minimum atomic E-state index is 0.302. The average Bonchev–Trinajstić information content (AvgIpc) is 2.55. The third-order valence-electron chi connectivity index (χ3n) is 3.59. The molecule has 0 saturated heterocycles. The van der Waals surface area contributed by atoms with Crippen molar-refractivity contribution in [1.82, 2.24) is 0 Å². The molecule has 3 rings (SSSR count). The Balaban J connectivity index is 2.11. The summed E-state index contributed by atoms with van der Waals surface area (Å²) < 4.78 is 0. The van der Waals surface area contributed by atoms with Crippen molar-refractivity contribution in [2.75, 3.05) is 12.4 Å². The molecule has 0 saturated carbocycles. The number of nitrogens with one attached hydrogen (secondary N) is 1. The molecule has 0 aliphatic heterocycles. The first-order chi connectivity index (χ1) is 10.3. The molecular weight excluding hydrogens is 258 g/mol. The first-order valence-electron chi connectivity index (χ1n) is 6.95. The van der Waals surface area contributed by atoms with Crippen LogP contribution < -0.4 is 5.32 Å². The zero-order chi connectivity index (χ0) is 14.7. The molecule has 0 heterocycles. The van der Waals surface area contributed by atoms with E-state index in [4.69, 9.17) is 0 Å². The molecule has 0 radical (unpaired) electrons. The molecule has 0 aliphatic rings. The maximum Gasteiger partial charge on any atom is 0.123 e. The van der Waals surface area contributed by atoms with Crippen LogP contribution in [0.3, 0.4) is 0 Å². The van der Waals surface area contributed by atoms with E-state index in [0.717, 1.165) is 27.9 Å². The molecular formula is C19H17NO. The lowest BCUT2D eigenvalue weighted by atomic mass is 9.97. The van der Waals surface area contributed by atoms with Gasteiger partial charge in [-0.1, -0.05) is 54.6 Å².